The maximum Gasteiger partial charge on any atom is 0.161 e. The fourth-order valence-electron chi connectivity index (χ4n) is 1.37. The van der Waals surface area contributed by atoms with Crippen molar-refractivity contribution in [2.24, 2.45) is 0 Å². The van der Waals surface area contributed by atoms with Gasteiger partial charge in [-0.1, -0.05) is 0 Å². The molecule has 0 aliphatic carbocycles. The van der Waals surface area contributed by atoms with E-state index in [1.807, 2.05) is 4.90 Å². The van der Waals surface area contributed by atoms with Crippen LogP contribution in [0.3, 0.4) is 0 Å². The van der Waals surface area contributed by atoms with Gasteiger partial charge in [-0.05, 0) is 0 Å². The van der Waals surface area contributed by atoms with Crippen LogP contribution in [0.2, 0.25) is 0 Å². The molecule has 0 aromatic rings. The third-order valence-electron chi connectivity index (χ3n) is 2.13. The molecule has 2 heterocycles. The summed E-state index contributed by atoms with van der Waals surface area (Å²) in [6, 6.07) is 0. The largest absolute Gasteiger partial charge is 0.372 e. The van der Waals surface area contributed by atoms with E-state index in [0.717, 1.165) is 19.7 Å². The Hall–Kier alpha value is -0.880. The summed E-state index contributed by atoms with van der Waals surface area (Å²) in [5.74, 6) is 0. The molecule has 2 saturated heterocycles. The Balaban J connectivity index is 1.76. The molecule has 0 aromatic carbocycles. The molecule has 6 nitrogen and oxygen atoms in total. The number of nitro groups is 1. The zero-order valence-electron chi connectivity index (χ0n) is 6.68. The third-order valence-corrected chi connectivity index (χ3v) is 2.13. The highest BCUT2D eigenvalue weighted by Crippen LogP contribution is 2.13. The monoisotopic (exact) mass is 173 g/mol. The maximum atomic E-state index is 10.3. The van der Waals surface area contributed by atoms with Crippen molar-refractivity contribution >= 4 is 0 Å². The number of rotatable bonds is 3. The first-order valence-corrected chi connectivity index (χ1v) is 3.99. The van der Waals surface area contributed by atoms with Gasteiger partial charge in [0.1, 0.15) is 6.67 Å². The van der Waals surface area contributed by atoms with Crippen molar-refractivity contribution in [1.82, 2.24) is 9.91 Å². The lowest BCUT2D eigenvalue weighted by Gasteiger charge is -2.11. The summed E-state index contributed by atoms with van der Waals surface area (Å²) in [6.07, 6.45) is 0.330. The van der Waals surface area contributed by atoms with Crippen molar-refractivity contribution in [2.75, 3.05) is 32.9 Å². The minimum absolute atomic E-state index is 0.330. The molecule has 0 bridgehead atoms. The summed E-state index contributed by atoms with van der Waals surface area (Å²) in [6.45, 7) is 3.40. The van der Waals surface area contributed by atoms with Crippen LogP contribution >= 0.6 is 0 Å². The van der Waals surface area contributed by atoms with Crippen molar-refractivity contribution in [3.63, 3.8) is 0 Å². The van der Waals surface area contributed by atoms with Gasteiger partial charge in [0, 0.05) is 13.1 Å². The summed E-state index contributed by atoms with van der Waals surface area (Å²) < 4.78 is 5.04. The van der Waals surface area contributed by atoms with Crippen LogP contribution in [0, 0.1) is 10.1 Å². The number of epoxide rings is 1. The minimum Gasteiger partial charge on any atom is -0.372 e. The Morgan fingerprint density at radius 3 is 2.83 bits per heavy atom. The summed E-state index contributed by atoms with van der Waals surface area (Å²) in [7, 11) is 0. The average molecular weight is 173 g/mol. The molecule has 2 fully saturated rings. The maximum absolute atomic E-state index is 10.3. The molecule has 68 valence electrons. The lowest BCUT2D eigenvalue weighted by atomic mass is 10.4. The smallest absolute Gasteiger partial charge is 0.161 e. The van der Waals surface area contributed by atoms with E-state index in [2.05, 4.69) is 0 Å². The standard InChI is InChI=1S/C6H11N3O3/c10-9(11)8-2-1-7(5-8)3-6-4-12-6/h6H,1-5H2. The molecule has 2 rings (SSSR count). The quantitative estimate of drug-likeness (QED) is 0.316. The van der Waals surface area contributed by atoms with Gasteiger partial charge in [-0.25, -0.2) is 10.1 Å². The molecule has 0 amide bonds. The molecule has 6 heteroatoms. The van der Waals surface area contributed by atoms with Crippen LogP contribution < -0.4 is 0 Å². The molecule has 12 heavy (non-hydrogen) atoms. The minimum atomic E-state index is -0.340. The molecular weight excluding hydrogens is 162 g/mol. The van der Waals surface area contributed by atoms with Crippen molar-refractivity contribution in [2.45, 2.75) is 6.10 Å². The van der Waals surface area contributed by atoms with Crippen LogP contribution in [-0.4, -0.2) is 54.0 Å². The van der Waals surface area contributed by atoms with Gasteiger partial charge in [0.15, 0.2) is 5.03 Å². The van der Waals surface area contributed by atoms with E-state index in [-0.39, 0.29) is 5.03 Å². The number of hydrogen-bond donors (Lipinski definition) is 0. The van der Waals surface area contributed by atoms with Gasteiger partial charge in [-0.2, -0.15) is 0 Å². The number of hydrogen-bond acceptors (Lipinski definition) is 4. The summed E-state index contributed by atoms with van der Waals surface area (Å²) in [4.78, 5) is 12.4. The molecule has 0 aromatic heterocycles. The van der Waals surface area contributed by atoms with Crippen LogP contribution in [0.5, 0.6) is 0 Å². The van der Waals surface area contributed by atoms with Gasteiger partial charge >= 0.3 is 0 Å². The van der Waals surface area contributed by atoms with E-state index in [9.17, 15) is 10.1 Å². The van der Waals surface area contributed by atoms with Gasteiger partial charge in [0.25, 0.3) is 0 Å². The van der Waals surface area contributed by atoms with E-state index in [4.69, 9.17) is 4.74 Å². The van der Waals surface area contributed by atoms with Crippen LogP contribution in [-0.2, 0) is 4.74 Å². The van der Waals surface area contributed by atoms with E-state index < -0.39 is 0 Å². The highest BCUT2D eigenvalue weighted by molar-refractivity contribution is 4.76. The van der Waals surface area contributed by atoms with Gasteiger partial charge in [0.05, 0.1) is 19.3 Å². The van der Waals surface area contributed by atoms with Gasteiger partial charge in [-0.15, -0.1) is 5.01 Å². The number of ether oxygens (including phenoxy) is 1. The lowest BCUT2D eigenvalue weighted by molar-refractivity contribution is -0.652. The highest BCUT2D eigenvalue weighted by atomic mass is 16.7. The average Bonchev–Trinajstić information content (AvgIpc) is 2.66. The Kier molecular flexibility index (Phi) is 1.86. The first-order chi connectivity index (χ1) is 5.75. The summed E-state index contributed by atoms with van der Waals surface area (Å²) in [5.41, 5.74) is 0. The predicted molar refractivity (Wildman–Crippen MR) is 39.9 cm³/mol. The Morgan fingerprint density at radius 1 is 1.58 bits per heavy atom. The molecule has 2 aliphatic heterocycles. The Bertz CT molecular complexity index is 194. The normalized spacial score (nSPS) is 29.3. The molecule has 0 saturated carbocycles. The molecule has 1 atom stereocenters. The summed E-state index contributed by atoms with van der Waals surface area (Å²) >= 11 is 0. The van der Waals surface area contributed by atoms with Crippen LogP contribution in [0.1, 0.15) is 0 Å². The van der Waals surface area contributed by atoms with Crippen LogP contribution in [0.25, 0.3) is 0 Å². The molecule has 0 radical (unpaired) electrons. The fourth-order valence-corrected chi connectivity index (χ4v) is 1.37. The Morgan fingerprint density at radius 2 is 2.33 bits per heavy atom. The third kappa shape index (κ3) is 1.64. The van der Waals surface area contributed by atoms with Crippen molar-refractivity contribution in [3.8, 4) is 0 Å². The SMILES string of the molecule is O=[N+]([O-])N1CCN(CC2CO2)C1. The first kappa shape index (κ1) is 7.75. The second-order valence-electron chi connectivity index (χ2n) is 3.14. The van der Waals surface area contributed by atoms with Crippen molar-refractivity contribution in [1.29, 1.82) is 0 Å². The van der Waals surface area contributed by atoms with Crippen molar-refractivity contribution < 1.29 is 9.77 Å². The van der Waals surface area contributed by atoms with E-state index in [0.29, 0.717) is 19.3 Å². The summed E-state index contributed by atoms with van der Waals surface area (Å²) in [5, 5.41) is 11.2. The topological polar surface area (TPSA) is 62.2 Å². The second-order valence-corrected chi connectivity index (χ2v) is 3.14. The second kappa shape index (κ2) is 2.87. The number of nitrogens with zero attached hydrogens (tertiary/aromatic N) is 3. The van der Waals surface area contributed by atoms with Crippen LogP contribution in [0.4, 0.5) is 0 Å². The first-order valence-electron chi connectivity index (χ1n) is 3.99. The molecule has 1 unspecified atom stereocenters. The lowest BCUT2D eigenvalue weighted by Crippen LogP contribution is -2.31. The molecule has 2 aliphatic rings. The van der Waals surface area contributed by atoms with Gasteiger partial charge < -0.3 is 4.74 Å². The molecule has 0 N–H and O–H groups in total. The van der Waals surface area contributed by atoms with E-state index in [1.54, 1.807) is 0 Å². The Labute approximate surface area is 69.8 Å². The highest BCUT2D eigenvalue weighted by Gasteiger charge is 2.32. The molecule has 0 spiro atoms. The van der Waals surface area contributed by atoms with E-state index in [1.165, 1.54) is 5.01 Å². The fraction of sp³-hybridized carbons (Fsp3) is 1.00. The number of hydrazine groups is 1. The molecular formula is C6H11N3O3. The van der Waals surface area contributed by atoms with Gasteiger partial charge in [0.2, 0.25) is 0 Å². The van der Waals surface area contributed by atoms with E-state index >= 15 is 0 Å². The zero-order valence-corrected chi connectivity index (χ0v) is 6.68. The van der Waals surface area contributed by atoms with Crippen molar-refractivity contribution in [3.05, 3.63) is 10.1 Å². The predicted octanol–water partition coefficient (Wildman–Crippen LogP) is -0.848. The zero-order chi connectivity index (χ0) is 8.55. The van der Waals surface area contributed by atoms with Crippen LogP contribution in [0.15, 0.2) is 0 Å². The van der Waals surface area contributed by atoms with Gasteiger partial charge in [-0.3, -0.25) is 4.90 Å².